The summed E-state index contributed by atoms with van der Waals surface area (Å²) in [6.45, 7) is 0. The fourth-order valence-corrected chi connectivity index (χ4v) is 5.46. The summed E-state index contributed by atoms with van der Waals surface area (Å²) in [4.78, 5) is 17.1. The number of halogens is 1. The first-order valence-corrected chi connectivity index (χ1v) is 10.9. The summed E-state index contributed by atoms with van der Waals surface area (Å²) in [6.07, 6.45) is 8.19. The Balaban J connectivity index is 1.27. The van der Waals surface area contributed by atoms with Crippen molar-refractivity contribution in [1.29, 1.82) is 5.26 Å². The van der Waals surface area contributed by atoms with Crippen LogP contribution in [0.3, 0.4) is 0 Å². The normalized spacial score (nSPS) is 25.0. The highest BCUT2D eigenvalue weighted by atomic mass is 19.1. The summed E-state index contributed by atoms with van der Waals surface area (Å²) in [5.41, 5.74) is 3.36. The Morgan fingerprint density at radius 2 is 1.81 bits per heavy atom. The Morgan fingerprint density at radius 3 is 2.48 bits per heavy atom. The van der Waals surface area contributed by atoms with Crippen molar-refractivity contribution in [2.24, 2.45) is 5.41 Å². The molecule has 1 N–H and O–H groups in total. The molecular weight excluding hydrogens is 389 g/mol. The van der Waals surface area contributed by atoms with Crippen molar-refractivity contribution in [2.45, 2.75) is 50.5 Å². The molecule has 31 heavy (non-hydrogen) atoms. The Morgan fingerprint density at radius 1 is 1.06 bits per heavy atom. The fraction of sp³-hybridized carbons (Fsp3) is 0.346. The van der Waals surface area contributed by atoms with Gasteiger partial charge in [0.05, 0.1) is 17.1 Å². The zero-order valence-electron chi connectivity index (χ0n) is 17.3. The summed E-state index contributed by atoms with van der Waals surface area (Å²) in [7, 11) is 0. The number of nitrogens with one attached hydrogen (secondary N) is 1. The van der Waals surface area contributed by atoms with Gasteiger partial charge < -0.3 is 5.32 Å². The fourth-order valence-electron chi connectivity index (χ4n) is 5.46. The smallest absolute Gasteiger partial charge is 0.251 e. The summed E-state index contributed by atoms with van der Waals surface area (Å²) < 4.78 is 13.8. The predicted octanol–water partition coefficient (Wildman–Crippen LogP) is 5.48. The van der Waals surface area contributed by atoms with E-state index in [0.717, 1.165) is 49.4 Å². The van der Waals surface area contributed by atoms with Crippen LogP contribution < -0.4 is 5.32 Å². The third-order valence-electron chi connectivity index (χ3n) is 7.41. The molecule has 3 aromatic rings. The van der Waals surface area contributed by atoms with E-state index in [2.05, 4.69) is 16.4 Å². The number of pyridine rings is 1. The van der Waals surface area contributed by atoms with Gasteiger partial charge in [0.15, 0.2) is 0 Å². The number of benzene rings is 2. The van der Waals surface area contributed by atoms with Crippen molar-refractivity contribution < 1.29 is 9.18 Å². The van der Waals surface area contributed by atoms with Gasteiger partial charge in [0.25, 0.3) is 5.91 Å². The molecule has 5 heteroatoms. The maximum atomic E-state index is 13.8. The lowest BCUT2D eigenvalue weighted by molar-refractivity contribution is 0.0173. The van der Waals surface area contributed by atoms with Gasteiger partial charge in [0.1, 0.15) is 5.82 Å². The van der Waals surface area contributed by atoms with Crippen LogP contribution >= 0.6 is 0 Å². The quantitative estimate of drug-likeness (QED) is 0.618. The second-order valence-electron chi connectivity index (χ2n) is 8.95. The first-order valence-electron chi connectivity index (χ1n) is 10.9. The average molecular weight is 413 g/mol. The SMILES string of the molecule is N#Cc1ccc(C(=O)N[C@H]2CC[C@]23CC[C@H](c2ccnc4ccc(F)cc42)CC3)cc1. The highest BCUT2D eigenvalue weighted by Gasteiger charge is 2.49. The third-order valence-corrected chi connectivity index (χ3v) is 7.41. The van der Waals surface area contributed by atoms with Crippen LogP contribution in [0.4, 0.5) is 4.39 Å². The molecule has 2 aromatic carbocycles. The van der Waals surface area contributed by atoms with Crippen LogP contribution in [0.2, 0.25) is 0 Å². The molecule has 0 radical (unpaired) electrons. The van der Waals surface area contributed by atoms with E-state index in [1.54, 1.807) is 36.4 Å². The first-order chi connectivity index (χ1) is 15.1. The lowest BCUT2D eigenvalue weighted by Gasteiger charge is -2.53. The molecule has 156 valence electrons. The molecule has 4 nitrogen and oxygen atoms in total. The van der Waals surface area contributed by atoms with Crippen molar-refractivity contribution >= 4 is 16.8 Å². The molecule has 1 amide bonds. The van der Waals surface area contributed by atoms with Gasteiger partial charge >= 0.3 is 0 Å². The Labute approximate surface area is 181 Å². The second-order valence-corrected chi connectivity index (χ2v) is 8.95. The molecule has 1 atom stereocenters. The van der Waals surface area contributed by atoms with Crippen LogP contribution in [0.15, 0.2) is 54.7 Å². The maximum Gasteiger partial charge on any atom is 0.251 e. The standard InChI is InChI=1S/C26H24FN3O/c27-20-5-6-23-22(15-20)21(10-14-29-23)18-7-11-26(12-8-18)13-9-24(26)30-25(31)19-3-1-17(16-28)2-4-19/h1-6,10,14-15,18,24H,7-9,11-13H2,(H,30,31)/t18-,24-,26+/m0/s1. The van der Waals surface area contributed by atoms with Crippen LogP contribution in [0.1, 0.15) is 65.9 Å². The van der Waals surface area contributed by atoms with Crippen molar-refractivity contribution in [3.63, 3.8) is 0 Å². The largest absolute Gasteiger partial charge is 0.349 e. The number of aromatic nitrogens is 1. The van der Waals surface area contributed by atoms with Crippen LogP contribution in [0, 0.1) is 22.6 Å². The molecule has 0 saturated heterocycles. The molecule has 1 aromatic heterocycles. The lowest BCUT2D eigenvalue weighted by atomic mass is 9.55. The predicted molar refractivity (Wildman–Crippen MR) is 117 cm³/mol. The molecular formula is C26H24FN3O. The van der Waals surface area contributed by atoms with E-state index in [0.29, 0.717) is 17.0 Å². The summed E-state index contributed by atoms with van der Waals surface area (Å²) in [5, 5.41) is 13.1. The monoisotopic (exact) mass is 413 g/mol. The zero-order valence-corrected chi connectivity index (χ0v) is 17.3. The van der Waals surface area contributed by atoms with Gasteiger partial charge in [0, 0.05) is 23.2 Å². The van der Waals surface area contributed by atoms with Crippen molar-refractivity contribution in [3.8, 4) is 6.07 Å². The second kappa shape index (κ2) is 7.77. The van der Waals surface area contributed by atoms with E-state index >= 15 is 0 Å². The van der Waals surface area contributed by atoms with Gasteiger partial charge in [-0.2, -0.15) is 5.26 Å². The topological polar surface area (TPSA) is 65.8 Å². The maximum absolute atomic E-state index is 13.8. The highest BCUT2D eigenvalue weighted by Crippen LogP contribution is 2.55. The van der Waals surface area contributed by atoms with E-state index in [4.69, 9.17) is 5.26 Å². The molecule has 2 saturated carbocycles. The van der Waals surface area contributed by atoms with Crippen molar-refractivity contribution in [1.82, 2.24) is 10.3 Å². The number of nitrogens with zero attached hydrogens (tertiary/aromatic N) is 2. The minimum atomic E-state index is -0.224. The van der Waals surface area contributed by atoms with E-state index in [1.165, 1.54) is 11.6 Å². The molecule has 0 unspecified atom stereocenters. The van der Waals surface area contributed by atoms with Crippen LogP contribution in [-0.4, -0.2) is 16.9 Å². The first kappa shape index (κ1) is 19.7. The highest BCUT2D eigenvalue weighted by molar-refractivity contribution is 5.94. The van der Waals surface area contributed by atoms with Crippen LogP contribution in [-0.2, 0) is 0 Å². The number of nitriles is 1. The van der Waals surface area contributed by atoms with Gasteiger partial charge in [-0.05, 0) is 104 Å². The van der Waals surface area contributed by atoms with Gasteiger partial charge in [-0.1, -0.05) is 0 Å². The minimum absolute atomic E-state index is 0.0636. The molecule has 2 aliphatic carbocycles. The minimum Gasteiger partial charge on any atom is -0.349 e. The molecule has 2 aliphatic rings. The molecule has 5 rings (SSSR count). The number of hydrogen-bond donors (Lipinski definition) is 1. The van der Waals surface area contributed by atoms with Crippen molar-refractivity contribution in [2.75, 3.05) is 0 Å². The number of hydrogen-bond acceptors (Lipinski definition) is 3. The Hall–Kier alpha value is -3.26. The zero-order chi connectivity index (χ0) is 21.4. The number of carbonyl (C=O) groups is 1. The molecule has 1 heterocycles. The number of amides is 1. The third kappa shape index (κ3) is 3.57. The average Bonchev–Trinajstić information content (AvgIpc) is 2.81. The van der Waals surface area contributed by atoms with Gasteiger partial charge in [-0.15, -0.1) is 0 Å². The van der Waals surface area contributed by atoms with Gasteiger partial charge in [0.2, 0.25) is 0 Å². The van der Waals surface area contributed by atoms with E-state index in [1.807, 2.05) is 12.3 Å². The summed E-state index contributed by atoms with van der Waals surface area (Å²) in [5.74, 6) is 0.110. The summed E-state index contributed by atoms with van der Waals surface area (Å²) in [6, 6.07) is 15.9. The van der Waals surface area contributed by atoms with Gasteiger partial charge in [-0.3, -0.25) is 9.78 Å². The number of carbonyl (C=O) groups excluding carboxylic acids is 1. The van der Waals surface area contributed by atoms with E-state index < -0.39 is 0 Å². The number of fused-ring (bicyclic) bond motifs is 1. The Bertz CT molecular complexity index is 1170. The van der Waals surface area contributed by atoms with Gasteiger partial charge in [-0.25, -0.2) is 4.39 Å². The Kier molecular flexibility index (Phi) is 4.94. The van der Waals surface area contributed by atoms with Crippen LogP contribution in [0.5, 0.6) is 0 Å². The van der Waals surface area contributed by atoms with Crippen LogP contribution in [0.25, 0.3) is 10.9 Å². The molecule has 1 spiro atoms. The molecule has 0 aliphatic heterocycles. The van der Waals surface area contributed by atoms with E-state index in [9.17, 15) is 9.18 Å². The summed E-state index contributed by atoms with van der Waals surface area (Å²) >= 11 is 0. The lowest BCUT2D eigenvalue weighted by Crippen LogP contribution is -2.56. The van der Waals surface area contributed by atoms with Crippen molar-refractivity contribution in [3.05, 3.63) is 77.2 Å². The van der Waals surface area contributed by atoms with E-state index in [-0.39, 0.29) is 23.2 Å². The molecule has 0 bridgehead atoms. The molecule has 2 fully saturated rings. The number of rotatable bonds is 3.